The van der Waals surface area contributed by atoms with E-state index in [4.69, 9.17) is 0 Å². The van der Waals surface area contributed by atoms with Crippen LogP contribution in [-0.2, 0) is 0 Å². The van der Waals surface area contributed by atoms with E-state index in [1.54, 1.807) is 0 Å². The fourth-order valence-corrected chi connectivity index (χ4v) is 5.97. The summed E-state index contributed by atoms with van der Waals surface area (Å²) in [7, 11) is 0. The number of rotatable bonds is 2. The maximum Gasteiger partial charge on any atom is 0.113 e. The third-order valence-corrected chi connectivity index (χ3v) is 7.38. The third-order valence-electron chi connectivity index (χ3n) is 6.26. The quantitative estimate of drug-likeness (QED) is 0.640. The largest absolute Gasteiger partial charge is 0.374 e. The van der Waals surface area contributed by atoms with Crippen LogP contribution < -0.4 is 16.0 Å². The molecule has 5 heterocycles. The predicted octanol–water partition coefficient (Wildman–Crippen LogP) is 3.59. The molecule has 0 bridgehead atoms. The number of likely N-dealkylation sites (tertiary alicyclic amines) is 1. The van der Waals surface area contributed by atoms with Crippen molar-refractivity contribution in [3.63, 3.8) is 0 Å². The predicted molar refractivity (Wildman–Crippen MR) is 110 cm³/mol. The van der Waals surface area contributed by atoms with Gasteiger partial charge in [-0.3, -0.25) is 0 Å². The third kappa shape index (κ3) is 2.83. The van der Waals surface area contributed by atoms with E-state index < -0.39 is 0 Å². The lowest BCUT2D eigenvalue weighted by Crippen LogP contribution is -2.58. The van der Waals surface area contributed by atoms with Gasteiger partial charge in [0.2, 0.25) is 0 Å². The summed E-state index contributed by atoms with van der Waals surface area (Å²) < 4.78 is 0. The highest BCUT2D eigenvalue weighted by molar-refractivity contribution is 8.03. The summed E-state index contributed by atoms with van der Waals surface area (Å²) in [5.41, 5.74) is 4.50. The van der Waals surface area contributed by atoms with Crippen LogP contribution in [0, 0.1) is 0 Å². The van der Waals surface area contributed by atoms with E-state index in [-0.39, 0.29) is 0 Å². The Hall–Kier alpha value is -1.53. The van der Waals surface area contributed by atoms with Gasteiger partial charge in [0.25, 0.3) is 0 Å². The van der Waals surface area contributed by atoms with E-state index in [0.29, 0.717) is 10.9 Å². The molecule has 1 aromatic rings. The molecule has 5 rings (SSSR count). The highest BCUT2D eigenvalue weighted by atomic mass is 32.2. The summed E-state index contributed by atoms with van der Waals surface area (Å²) in [6, 6.07) is 0. The number of H-pyrrole nitrogens is 1. The number of anilines is 1. The van der Waals surface area contributed by atoms with Gasteiger partial charge in [-0.1, -0.05) is 18.2 Å². The number of allylic oxidation sites excluding steroid dienone is 1. The lowest BCUT2D eigenvalue weighted by molar-refractivity contribution is 0.137. The molecule has 26 heavy (non-hydrogen) atoms. The van der Waals surface area contributed by atoms with Crippen LogP contribution in [0.5, 0.6) is 0 Å². The zero-order chi connectivity index (χ0) is 17.6. The first kappa shape index (κ1) is 16.6. The standard InChI is InChI=1S/C20H29N5S/c1-14-11-23-19(26-14)15-12-22-18-17(15)16(5-9-21-18)25-10-4-7-20(13-25)6-2-3-8-24-20/h5,11-12,19,21-24H,2-4,6-10,13H2,1H3/t19-,20-/m0/s1. The average molecular weight is 372 g/mol. The Balaban J connectivity index is 1.44. The van der Waals surface area contributed by atoms with Crippen LogP contribution in [0.1, 0.15) is 55.5 Å². The van der Waals surface area contributed by atoms with Crippen LogP contribution in [-0.4, -0.2) is 41.6 Å². The van der Waals surface area contributed by atoms with Gasteiger partial charge in [0, 0.05) is 54.4 Å². The summed E-state index contributed by atoms with van der Waals surface area (Å²) in [6.07, 6.45) is 13.3. The van der Waals surface area contributed by atoms with E-state index in [2.05, 4.69) is 51.2 Å². The molecule has 0 radical (unpaired) electrons. The molecule has 140 valence electrons. The van der Waals surface area contributed by atoms with Crippen molar-refractivity contribution in [3.8, 4) is 0 Å². The SMILES string of the molecule is CC1=CN[C@H](c2c[nH]c3c2C(N2CCC[C@@]4(CCCCN4)C2)=CCN3)S1. The molecular weight excluding hydrogens is 342 g/mol. The summed E-state index contributed by atoms with van der Waals surface area (Å²) in [5.74, 6) is 1.18. The molecule has 0 saturated carbocycles. The van der Waals surface area contributed by atoms with E-state index in [1.165, 1.54) is 72.7 Å². The van der Waals surface area contributed by atoms with Crippen molar-refractivity contribution in [1.82, 2.24) is 20.5 Å². The molecule has 0 amide bonds. The Labute approximate surface area is 160 Å². The Morgan fingerprint density at radius 3 is 2.96 bits per heavy atom. The number of aromatic amines is 1. The van der Waals surface area contributed by atoms with Crippen LogP contribution in [0.2, 0.25) is 0 Å². The van der Waals surface area contributed by atoms with Crippen molar-refractivity contribution in [2.45, 2.75) is 49.9 Å². The molecule has 4 aliphatic rings. The van der Waals surface area contributed by atoms with Gasteiger partial charge in [-0.15, -0.1) is 0 Å². The Kier molecular flexibility index (Phi) is 4.20. The van der Waals surface area contributed by atoms with E-state index in [9.17, 15) is 0 Å². The van der Waals surface area contributed by atoms with Gasteiger partial charge >= 0.3 is 0 Å². The van der Waals surface area contributed by atoms with Crippen molar-refractivity contribution in [2.75, 3.05) is 31.5 Å². The second-order valence-electron chi connectivity index (χ2n) is 8.07. The molecule has 4 aliphatic heterocycles. The maximum absolute atomic E-state index is 3.88. The lowest BCUT2D eigenvalue weighted by atomic mass is 9.81. The average Bonchev–Trinajstić information content (AvgIpc) is 3.28. The highest BCUT2D eigenvalue weighted by Gasteiger charge is 2.38. The normalized spacial score (nSPS) is 31.1. The van der Waals surface area contributed by atoms with Crippen molar-refractivity contribution >= 4 is 23.3 Å². The van der Waals surface area contributed by atoms with Crippen LogP contribution in [0.3, 0.4) is 0 Å². The minimum atomic E-state index is 0.310. The molecule has 0 unspecified atom stereocenters. The van der Waals surface area contributed by atoms with Crippen LogP contribution in [0.25, 0.3) is 5.70 Å². The fourth-order valence-electron chi connectivity index (χ4n) is 5.02. The van der Waals surface area contributed by atoms with Gasteiger partial charge in [0.15, 0.2) is 0 Å². The molecule has 0 aromatic carbocycles. The van der Waals surface area contributed by atoms with Gasteiger partial charge in [0.05, 0.1) is 0 Å². The van der Waals surface area contributed by atoms with Crippen LogP contribution >= 0.6 is 11.8 Å². The number of thioether (sulfide) groups is 1. The topological polar surface area (TPSA) is 55.1 Å². The lowest BCUT2D eigenvalue weighted by Gasteiger charge is -2.48. The Morgan fingerprint density at radius 2 is 2.15 bits per heavy atom. The van der Waals surface area contributed by atoms with E-state index in [1.807, 2.05) is 11.8 Å². The maximum atomic E-state index is 3.88. The van der Waals surface area contributed by atoms with Crippen molar-refractivity contribution < 1.29 is 0 Å². The zero-order valence-corrected chi connectivity index (χ0v) is 16.3. The van der Waals surface area contributed by atoms with Crippen LogP contribution in [0.15, 0.2) is 23.4 Å². The number of fused-ring (bicyclic) bond motifs is 1. The summed E-state index contributed by atoms with van der Waals surface area (Å²) >= 11 is 1.91. The zero-order valence-electron chi connectivity index (χ0n) is 15.5. The van der Waals surface area contributed by atoms with Gasteiger partial charge < -0.3 is 25.8 Å². The summed E-state index contributed by atoms with van der Waals surface area (Å²) in [6.45, 7) is 6.58. The minimum absolute atomic E-state index is 0.310. The smallest absolute Gasteiger partial charge is 0.113 e. The van der Waals surface area contributed by atoms with Crippen molar-refractivity contribution in [1.29, 1.82) is 0 Å². The van der Waals surface area contributed by atoms with Gasteiger partial charge in [-0.05, 0) is 50.1 Å². The number of hydrogen-bond acceptors (Lipinski definition) is 5. The van der Waals surface area contributed by atoms with Gasteiger partial charge in [0.1, 0.15) is 11.2 Å². The van der Waals surface area contributed by atoms with Crippen molar-refractivity contribution in [3.05, 3.63) is 34.5 Å². The molecule has 2 atom stereocenters. The Morgan fingerprint density at radius 1 is 1.23 bits per heavy atom. The molecule has 2 fully saturated rings. The number of piperidine rings is 2. The Bertz CT molecular complexity index is 738. The molecular formula is C20H29N5S. The number of nitrogens with zero attached hydrogens (tertiary/aromatic N) is 1. The van der Waals surface area contributed by atoms with Gasteiger partial charge in [-0.25, -0.2) is 0 Å². The number of hydrogen-bond donors (Lipinski definition) is 4. The first-order chi connectivity index (χ1) is 12.7. The summed E-state index contributed by atoms with van der Waals surface area (Å²) in [5, 5.41) is 11.3. The van der Waals surface area contributed by atoms with E-state index in [0.717, 1.165) is 13.1 Å². The first-order valence-corrected chi connectivity index (χ1v) is 10.9. The second kappa shape index (κ2) is 6.57. The molecule has 4 N–H and O–H groups in total. The number of nitrogens with one attached hydrogen (secondary N) is 4. The molecule has 2 saturated heterocycles. The molecule has 5 nitrogen and oxygen atoms in total. The second-order valence-corrected chi connectivity index (χ2v) is 9.42. The van der Waals surface area contributed by atoms with Gasteiger partial charge in [-0.2, -0.15) is 0 Å². The minimum Gasteiger partial charge on any atom is -0.374 e. The molecule has 6 heteroatoms. The van der Waals surface area contributed by atoms with Crippen molar-refractivity contribution in [2.24, 2.45) is 0 Å². The first-order valence-electron chi connectivity index (χ1n) is 9.99. The highest BCUT2D eigenvalue weighted by Crippen LogP contribution is 2.44. The van der Waals surface area contributed by atoms with E-state index >= 15 is 0 Å². The fraction of sp³-hybridized carbons (Fsp3) is 0.600. The number of aromatic nitrogens is 1. The molecule has 1 aromatic heterocycles. The summed E-state index contributed by atoms with van der Waals surface area (Å²) in [4.78, 5) is 7.49. The molecule has 1 spiro atoms. The van der Waals surface area contributed by atoms with Crippen LogP contribution in [0.4, 0.5) is 5.82 Å². The monoisotopic (exact) mass is 371 g/mol. The molecule has 0 aliphatic carbocycles.